The van der Waals surface area contributed by atoms with Gasteiger partial charge in [-0.2, -0.15) is 0 Å². The highest BCUT2D eigenvalue weighted by atomic mass is 79.9. The third-order valence-electron chi connectivity index (χ3n) is 3.33. The maximum Gasteiger partial charge on any atom is 0.0916 e. The first-order chi connectivity index (χ1) is 7.62. The molecule has 0 spiro atoms. The van der Waals surface area contributed by atoms with Gasteiger partial charge in [-0.25, -0.2) is 0 Å². The molecule has 0 radical (unpaired) electrons. The molecule has 1 N–H and O–H groups in total. The second-order valence-corrected chi connectivity index (χ2v) is 5.43. The van der Waals surface area contributed by atoms with E-state index in [2.05, 4.69) is 15.9 Å². The Morgan fingerprint density at radius 1 is 1.50 bits per heavy atom. The van der Waals surface area contributed by atoms with E-state index in [-0.39, 0.29) is 5.60 Å². The first-order valence-electron chi connectivity index (χ1n) is 5.67. The van der Waals surface area contributed by atoms with Crippen LogP contribution in [0.2, 0.25) is 0 Å². The average Bonchev–Trinajstić information content (AvgIpc) is 2.70. The molecule has 88 valence electrons. The lowest BCUT2D eigenvalue weighted by Gasteiger charge is -2.29. The lowest BCUT2D eigenvalue weighted by atomic mass is 9.91. The van der Waals surface area contributed by atoms with E-state index in [0.717, 1.165) is 29.5 Å². The Balaban J connectivity index is 2.07. The van der Waals surface area contributed by atoms with Gasteiger partial charge < -0.3 is 9.84 Å². The largest absolute Gasteiger partial charge is 0.390 e. The normalized spacial score (nSPS) is 26.9. The molecule has 2 nitrogen and oxygen atoms in total. The van der Waals surface area contributed by atoms with Crippen molar-refractivity contribution in [2.24, 2.45) is 0 Å². The standard InChI is InChI=1S/C13H17BrO2/c1-13(7-4-8-16-13)12(15)9-10-5-2-3-6-11(10)14/h2-3,5-6,12,15H,4,7-9H2,1H3. The van der Waals surface area contributed by atoms with Gasteiger partial charge in [-0.1, -0.05) is 34.1 Å². The number of benzene rings is 1. The van der Waals surface area contributed by atoms with Gasteiger partial charge in [0.1, 0.15) is 0 Å². The van der Waals surface area contributed by atoms with E-state index in [9.17, 15) is 5.11 Å². The SMILES string of the molecule is CC1(C(O)Cc2ccccc2Br)CCCO1. The first-order valence-corrected chi connectivity index (χ1v) is 6.46. The van der Waals surface area contributed by atoms with Gasteiger partial charge in [-0.05, 0) is 31.4 Å². The third-order valence-corrected chi connectivity index (χ3v) is 4.10. The van der Waals surface area contributed by atoms with Crippen LogP contribution >= 0.6 is 15.9 Å². The van der Waals surface area contributed by atoms with E-state index in [1.807, 2.05) is 31.2 Å². The predicted molar refractivity (Wildman–Crippen MR) is 67.4 cm³/mol. The van der Waals surface area contributed by atoms with E-state index < -0.39 is 6.10 Å². The average molecular weight is 285 g/mol. The highest BCUT2D eigenvalue weighted by molar-refractivity contribution is 9.10. The van der Waals surface area contributed by atoms with Crippen molar-refractivity contribution in [1.29, 1.82) is 0 Å². The maximum atomic E-state index is 10.2. The molecule has 1 fully saturated rings. The Kier molecular flexibility index (Phi) is 3.67. The van der Waals surface area contributed by atoms with Crippen molar-refractivity contribution in [2.75, 3.05) is 6.61 Å². The molecule has 3 heteroatoms. The molecule has 0 bridgehead atoms. The molecule has 0 aromatic heterocycles. The van der Waals surface area contributed by atoms with Crippen LogP contribution in [0, 0.1) is 0 Å². The van der Waals surface area contributed by atoms with Crippen LogP contribution in [0.15, 0.2) is 28.7 Å². The van der Waals surface area contributed by atoms with Crippen molar-refractivity contribution >= 4 is 15.9 Å². The van der Waals surface area contributed by atoms with Crippen LogP contribution in [-0.2, 0) is 11.2 Å². The van der Waals surface area contributed by atoms with Crippen LogP contribution in [0.5, 0.6) is 0 Å². The topological polar surface area (TPSA) is 29.5 Å². The van der Waals surface area contributed by atoms with Gasteiger partial charge in [0, 0.05) is 17.5 Å². The third kappa shape index (κ3) is 2.47. The van der Waals surface area contributed by atoms with Crippen LogP contribution in [0.25, 0.3) is 0 Å². The maximum absolute atomic E-state index is 10.2. The van der Waals surface area contributed by atoms with Gasteiger partial charge in [0.25, 0.3) is 0 Å². The molecular weight excluding hydrogens is 268 g/mol. The summed E-state index contributed by atoms with van der Waals surface area (Å²) >= 11 is 3.50. The van der Waals surface area contributed by atoms with Crippen LogP contribution in [0.1, 0.15) is 25.3 Å². The zero-order chi connectivity index (χ0) is 11.6. The van der Waals surface area contributed by atoms with Gasteiger partial charge in [0.15, 0.2) is 0 Å². The van der Waals surface area contributed by atoms with Crippen LogP contribution in [-0.4, -0.2) is 23.4 Å². The Hall–Kier alpha value is -0.380. The quantitative estimate of drug-likeness (QED) is 0.925. The summed E-state index contributed by atoms with van der Waals surface area (Å²) in [6.45, 7) is 2.77. The molecule has 16 heavy (non-hydrogen) atoms. The van der Waals surface area contributed by atoms with Gasteiger partial charge >= 0.3 is 0 Å². The fourth-order valence-electron chi connectivity index (χ4n) is 2.15. The molecule has 1 aromatic rings. The first kappa shape index (κ1) is 12.1. The smallest absolute Gasteiger partial charge is 0.0916 e. The number of hydrogen-bond donors (Lipinski definition) is 1. The molecule has 1 aliphatic rings. The van der Waals surface area contributed by atoms with E-state index in [4.69, 9.17) is 4.74 Å². The predicted octanol–water partition coefficient (Wildman–Crippen LogP) is 2.92. The molecule has 0 amide bonds. The molecule has 1 saturated heterocycles. The lowest BCUT2D eigenvalue weighted by Crippen LogP contribution is -2.40. The minimum absolute atomic E-state index is 0.366. The van der Waals surface area contributed by atoms with Gasteiger partial charge in [-0.3, -0.25) is 0 Å². The summed E-state index contributed by atoms with van der Waals surface area (Å²) in [7, 11) is 0. The van der Waals surface area contributed by atoms with E-state index in [0.29, 0.717) is 6.42 Å². The molecular formula is C13H17BrO2. The summed E-state index contributed by atoms with van der Waals surface area (Å²) in [5.41, 5.74) is 0.765. The van der Waals surface area contributed by atoms with E-state index in [1.54, 1.807) is 0 Å². The van der Waals surface area contributed by atoms with Crippen molar-refractivity contribution in [1.82, 2.24) is 0 Å². The van der Waals surface area contributed by atoms with Crippen molar-refractivity contribution in [3.8, 4) is 0 Å². The minimum Gasteiger partial charge on any atom is -0.390 e. The second kappa shape index (κ2) is 4.86. The summed E-state index contributed by atoms with van der Waals surface area (Å²) in [5.74, 6) is 0. The summed E-state index contributed by atoms with van der Waals surface area (Å²) in [4.78, 5) is 0. The van der Waals surface area contributed by atoms with Gasteiger partial charge in [-0.15, -0.1) is 0 Å². The lowest BCUT2D eigenvalue weighted by molar-refractivity contribution is -0.0768. The monoisotopic (exact) mass is 284 g/mol. The summed E-state index contributed by atoms with van der Waals surface area (Å²) in [6, 6.07) is 8.00. The summed E-state index contributed by atoms with van der Waals surface area (Å²) in [6.07, 6.45) is 2.19. The second-order valence-electron chi connectivity index (χ2n) is 4.58. The number of aliphatic hydroxyl groups is 1. The number of hydrogen-bond acceptors (Lipinski definition) is 2. The Bertz CT molecular complexity index is 359. The van der Waals surface area contributed by atoms with Crippen LogP contribution in [0.4, 0.5) is 0 Å². The molecule has 1 heterocycles. The van der Waals surface area contributed by atoms with E-state index in [1.165, 1.54) is 0 Å². The molecule has 2 rings (SSSR count). The molecule has 1 aliphatic heterocycles. The molecule has 0 saturated carbocycles. The molecule has 2 atom stereocenters. The Morgan fingerprint density at radius 2 is 2.25 bits per heavy atom. The fourth-order valence-corrected chi connectivity index (χ4v) is 2.60. The summed E-state index contributed by atoms with van der Waals surface area (Å²) < 4.78 is 6.70. The highest BCUT2D eigenvalue weighted by Gasteiger charge is 2.37. The van der Waals surface area contributed by atoms with Crippen molar-refractivity contribution in [3.05, 3.63) is 34.3 Å². The highest BCUT2D eigenvalue weighted by Crippen LogP contribution is 2.31. The van der Waals surface area contributed by atoms with Crippen molar-refractivity contribution < 1.29 is 9.84 Å². The van der Waals surface area contributed by atoms with Crippen molar-refractivity contribution in [3.63, 3.8) is 0 Å². The number of rotatable bonds is 3. The Labute approximate surface area is 105 Å². The number of ether oxygens (including phenoxy) is 1. The van der Waals surface area contributed by atoms with Gasteiger partial charge in [0.05, 0.1) is 11.7 Å². The zero-order valence-corrected chi connectivity index (χ0v) is 11.0. The van der Waals surface area contributed by atoms with Crippen LogP contribution in [0.3, 0.4) is 0 Å². The zero-order valence-electron chi connectivity index (χ0n) is 9.45. The molecule has 1 aromatic carbocycles. The Morgan fingerprint density at radius 3 is 2.88 bits per heavy atom. The van der Waals surface area contributed by atoms with Crippen molar-refractivity contribution in [2.45, 2.75) is 37.9 Å². The minimum atomic E-state index is -0.436. The van der Waals surface area contributed by atoms with E-state index >= 15 is 0 Å². The molecule has 2 unspecified atom stereocenters. The van der Waals surface area contributed by atoms with Gasteiger partial charge in [0.2, 0.25) is 0 Å². The number of halogens is 1. The summed E-state index contributed by atoms with van der Waals surface area (Å²) in [5, 5.41) is 10.2. The number of aliphatic hydroxyl groups excluding tert-OH is 1. The molecule has 0 aliphatic carbocycles. The fraction of sp³-hybridized carbons (Fsp3) is 0.538. The van der Waals surface area contributed by atoms with Crippen LogP contribution < -0.4 is 0 Å².